The molecule has 2 aromatic rings. The van der Waals surface area contributed by atoms with Crippen molar-refractivity contribution in [2.75, 3.05) is 13.1 Å². The predicted molar refractivity (Wildman–Crippen MR) is 74.4 cm³/mol. The topological polar surface area (TPSA) is 78.0 Å². The number of rotatable bonds is 6. The second-order valence-corrected chi connectivity index (χ2v) is 4.95. The summed E-state index contributed by atoms with van der Waals surface area (Å²) in [5, 5.41) is 11.4. The molecule has 1 aromatic carbocycles. The fourth-order valence-electron chi connectivity index (χ4n) is 1.93. The van der Waals surface area contributed by atoms with E-state index in [9.17, 15) is 4.79 Å². The van der Waals surface area contributed by atoms with Crippen molar-refractivity contribution in [3.8, 4) is 0 Å². The normalized spacial score (nSPS) is 11.3. The van der Waals surface area contributed by atoms with Gasteiger partial charge in [-0.15, -0.1) is 0 Å². The van der Waals surface area contributed by atoms with Crippen LogP contribution in [-0.2, 0) is 11.2 Å². The van der Waals surface area contributed by atoms with Gasteiger partial charge in [0.05, 0.1) is 17.6 Å². The van der Waals surface area contributed by atoms with Crippen LogP contribution in [0.15, 0.2) is 18.2 Å². The number of hydrogen-bond acceptors (Lipinski definition) is 3. The molecule has 0 radical (unpaired) electrons. The van der Waals surface area contributed by atoms with Gasteiger partial charge in [-0.05, 0) is 30.7 Å². The lowest BCUT2D eigenvalue weighted by Gasteiger charge is -2.02. The van der Waals surface area contributed by atoms with Crippen molar-refractivity contribution in [2.45, 2.75) is 26.2 Å². The van der Waals surface area contributed by atoms with Gasteiger partial charge in [0, 0.05) is 5.92 Å². The molecule has 2 rings (SSSR count). The number of benzene rings is 1. The number of H-pyrrole nitrogens is 1. The number of nitrogens with zero attached hydrogens (tertiary/aromatic N) is 1. The third-order valence-electron chi connectivity index (χ3n) is 2.98. The van der Waals surface area contributed by atoms with Gasteiger partial charge in [0.15, 0.2) is 0 Å². The number of carbonyl (C=O) groups is 1. The minimum atomic E-state index is -0.828. The van der Waals surface area contributed by atoms with E-state index in [-0.39, 0.29) is 6.54 Å². The summed E-state index contributed by atoms with van der Waals surface area (Å²) in [6.07, 6.45) is 0.805. The van der Waals surface area contributed by atoms with E-state index >= 15 is 0 Å². The van der Waals surface area contributed by atoms with Crippen molar-refractivity contribution in [1.82, 2.24) is 15.3 Å². The summed E-state index contributed by atoms with van der Waals surface area (Å²) in [7, 11) is 0. The number of nitrogens with one attached hydrogen (secondary N) is 2. The van der Waals surface area contributed by atoms with Gasteiger partial charge >= 0.3 is 5.97 Å². The summed E-state index contributed by atoms with van der Waals surface area (Å²) in [5.74, 6) is 0.551. The first-order valence-corrected chi connectivity index (χ1v) is 6.47. The Morgan fingerprint density at radius 1 is 1.47 bits per heavy atom. The van der Waals surface area contributed by atoms with Crippen LogP contribution in [0.3, 0.4) is 0 Å². The molecule has 5 heteroatoms. The van der Waals surface area contributed by atoms with E-state index in [0.717, 1.165) is 23.3 Å². The summed E-state index contributed by atoms with van der Waals surface area (Å²) in [6.45, 7) is 4.87. The molecule has 0 saturated heterocycles. The number of aromatic nitrogens is 2. The number of carboxylic acid groups (broad SMARTS) is 1. The Hall–Kier alpha value is -1.88. The molecule has 0 aliphatic rings. The quantitative estimate of drug-likeness (QED) is 0.694. The van der Waals surface area contributed by atoms with Crippen molar-refractivity contribution in [3.05, 3.63) is 29.6 Å². The fraction of sp³-hybridized carbons (Fsp3) is 0.429. The monoisotopic (exact) mass is 261 g/mol. The van der Waals surface area contributed by atoms with E-state index in [4.69, 9.17) is 5.11 Å². The predicted octanol–water partition coefficient (Wildman–Crippen LogP) is 1.90. The molecule has 0 aliphatic heterocycles. The van der Waals surface area contributed by atoms with Gasteiger partial charge in [0.2, 0.25) is 0 Å². The van der Waals surface area contributed by atoms with Crippen LogP contribution in [0.5, 0.6) is 0 Å². The molecule has 0 spiro atoms. The zero-order chi connectivity index (χ0) is 13.8. The van der Waals surface area contributed by atoms with Gasteiger partial charge in [0.1, 0.15) is 5.82 Å². The van der Waals surface area contributed by atoms with E-state index < -0.39 is 5.97 Å². The molecule has 0 atom stereocenters. The van der Waals surface area contributed by atoms with Crippen LogP contribution in [-0.4, -0.2) is 34.1 Å². The number of carboxylic acids is 1. The minimum Gasteiger partial charge on any atom is -0.480 e. The van der Waals surface area contributed by atoms with Crippen LogP contribution in [0, 0.1) is 0 Å². The van der Waals surface area contributed by atoms with Crippen molar-refractivity contribution in [1.29, 1.82) is 0 Å². The second-order valence-electron chi connectivity index (χ2n) is 4.95. The number of aromatic amines is 1. The molecule has 0 fully saturated rings. The first-order valence-electron chi connectivity index (χ1n) is 6.47. The number of aliphatic carboxylic acids is 1. The van der Waals surface area contributed by atoms with Gasteiger partial charge in [0.25, 0.3) is 0 Å². The van der Waals surface area contributed by atoms with E-state index in [0.29, 0.717) is 12.5 Å². The van der Waals surface area contributed by atoms with Crippen LogP contribution in [0.2, 0.25) is 0 Å². The van der Waals surface area contributed by atoms with Crippen molar-refractivity contribution >= 4 is 17.0 Å². The highest BCUT2D eigenvalue weighted by atomic mass is 16.4. The molecule has 3 N–H and O–H groups in total. The molecular weight excluding hydrogens is 242 g/mol. The summed E-state index contributed by atoms with van der Waals surface area (Å²) in [4.78, 5) is 18.2. The maximum absolute atomic E-state index is 10.4. The van der Waals surface area contributed by atoms with Crippen molar-refractivity contribution < 1.29 is 9.90 Å². The second kappa shape index (κ2) is 5.84. The average Bonchev–Trinajstić information content (AvgIpc) is 2.77. The Kier molecular flexibility index (Phi) is 4.16. The van der Waals surface area contributed by atoms with E-state index in [1.165, 1.54) is 5.56 Å². The molecule has 0 amide bonds. The van der Waals surface area contributed by atoms with Crippen LogP contribution in [0.25, 0.3) is 11.0 Å². The largest absolute Gasteiger partial charge is 0.480 e. The van der Waals surface area contributed by atoms with Gasteiger partial charge in [-0.3, -0.25) is 4.79 Å². The maximum atomic E-state index is 10.4. The van der Waals surface area contributed by atoms with Gasteiger partial charge < -0.3 is 15.4 Å². The van der Waals surface area contributed by atoms with Gasteiger partial charge in [-0.25, -0.2) is 4.98 Å². The molecule has 0 bridgehead atoms. The third kappa shape index (κ3) is 3.54. The van der Waals surface area contributed by atoms with E-state index in [2.05, 4.69) is 35.2 Å². The fourth-order valence-corrected chi connectivity index (χ4v) is 1.93. The standard InChI is InChI=1S/C14H19N3O2/c1-9(2)14-16-11-4-3-10(7-12(11)17-14)5-6-15-8-13(18)19/h3-4,7,9,15H,5-6,8H2,1-2H3,(H,16,17)(H,18,19). The highest BCUT2D eigenvalue weighted by molar-refractivity contribution is 5.76. The van der Waals surface area contributed by atoms with Gasteiger partial charge in [-0.1, -0.05) is 19.9 Å². The lowest BCUT2D eigenvalue weighted by atomic mass is 10.1. The Morgan fingerprint density at radius 2 is 2.26 bits per heavy atom. The van der Waals surface area contributed by atoms with Crippen LogP contribution < -0.4 is 5.32 Å². The lowest BCUT2D eigenvalue weighted by molar-refractivity contribution is -0.135. The number of imidazole rings is 1. The smallest absolute Gasteiger partial charge is 0.317 e. The molecule has 19 heavy (non-hydrogen) atoms. The van der Waals surface area contributed by atoms with Gasteiger partial charge in [-0.2, -0.15) is 0 Å². The molecule has 1 heterocycles. The summed E-state index contributed by atoms with van der Waals surface area (Å²) in [6, 6.07) is 6.12. The average molecular weight is 261 g/mol. The third-order valence-corrected chi connectivity index (χ3v) is 2.98. The minimum absolute atomic E-state index is 0.00377. The molecule has 0 saturated carbocycles. The van der Waals surface area contributed by atoms with Crippen molar-refractivity contribution in [2.24, 2.45) is 0 Å². The Bertz CT molecular complexity index is 575. The Balaban J connectivity index is 2.02. The summed E-state index contributed by atoms with van der Waals surface area (Å²) in [5.41, 5.74) is 3.19. The van der Waals surface area contributed by atoms with Crippen LogP contribution in [0.4, 0.5) is 0 Å². The van der Waals surface area contributed by atoms with Crippen molar-refractivity contribution in [3.63, 3.8) is 0 Å². The SMILES string of the molecule is CC(C)c1nc2ccc(CCNCC(=O)O)cc2[nH]1. The highest BCUT2D eigenvalue weighted by Gasteiger charge is 2.06. The molecule has 1 aromatic heterocycles. The zero-order valence-electron chi connectivity index (χ0n) is 11.2. The summed E-state index contributed by atoms with van der Waals surface area (Å²) < 4.78 is 0. The lowest BCUT2D eigenvalue weighted by Crippen LogP contribution is -2.24. The zero-order valence-corrected chi connectivity index (χ0v) is 11.2. The highest BCUT2D eigenvalue weighted by Crippen LogP contribution is 2.18. The molecule has 102 valence electrons. The Labute approximate surface area is 112 Å². The van der Waals surface area contributed by atoms with Crippen LogP contribution in [0.1, 0.15) is 31.2 Å². The molecule has 0 aliphatic carbocycles. The summed E-state index contributed by atoms with van der Waals surface area (Å²) >= 11 is 0. The molecule has 0 unspecified atom stereocenters. The number of fused-ring (bicyclic) bond motifs is 1. The molecule has 5 nitrogen and oxygen atoms in total. The Morgan fingerprint density at radius 3 is 2.95 bits per heavy atom. The molecular formula is C14H19N3O2. The van der Waals surface area contributed by atoms with Crippen LogP contribution >= 0.6 is 0 Å². The first kappa shape index (κ1) is 13.5. The first-order chi connectivity index (χ1) is 9.06. The van der Waals surface area contributed by atoms with E-state index in [1.54, 1.807) is 0 Å². The number of hydrogen-bond donors (Lipinski definition) is 3. The maximum Gasteiger partial charge on any atom is 0.317 e. The van der Waals surface area contributed by atoms with E-state index in [1.807, 2.05) is 12.1 Å².